The molecule has 0 amide bonds. The van der Waals surface area contributed by atoms with Gasteiger partial charge in [-0.2, -0.15) is 0 Å². The molecule has 0 fully saturated rings. The van der Waals surface area contributed by atoms with Gasteiger partial charge >= 0.3 is 0 Å². The highest BCUT2D eigenvalue weighted by Gasteiger charge is 2.24. The Labute approximate surface area is 238 Å². The van der Waals surface area contributed by atoms with Gasteiger partial charge in [0.2, 0.25) is 0 Å². The SMILES string of the molecule is c1ccc(-c2ccccc2-c2oc(-c3c(-c4ccccc4)c4ccccc4c4ccccc34)c3ccccc23)cc1. The Hall–Kier alpha value is -5.40. The number of rotatable bonds is 4. The summed E-state index contributed by atoms with van der Waals surface area (Å²) in [5, 5.41) is 7.11. The van der Waals surface area contributed by atoms with Crippen molar-refractivity contribution in [2.75, 3.05) is 0 Å². The van der Waals surface area contributed by atoms with Crippen LogP contribution in [0, 0.1) is 0 Å². The zero-order valence-corrected chi connectivity index (χ0v) is 22.4. The molecule has 1 heterocycles. The van der Waals surface area contributed by atoms with Crippen molar-refractivity contribution >= 4 is 32.3 Å². The molecule has 0 saturated carbocycles. The number of hydrogen-bond donors (Lipinski definition) is 0. The molecule has 0 unspecified atom stereocenters. The van der Waals surface area contributed by atoms with Gasteiger partial charge in [0.15, 0.2) is 0 Å². The smallest absolute Gasteiger partial charge is 0.143 e. The topological polar surface area (TPSA) is 13.1 Å². The predicted molar refractivity (Wildman–Crippen MR) is 173 cm³/mol. The molecule has 1 heteroatoms. The fourth-order valence-electron chi connectivity index (χ4n) is 6.31. The molecule has 1 nitrogen and oxygen atoms in total. The highest BCUT2D eigenvalue weighted by Crippen LogP contribution is 2.49. The highest BCUT2D eigenvalue weighted by molar-refractivity contribution is 6.23. The van der Waals surface area contributed by atoms with E-state index in [0.717, 1.165) is 39.0 Å². The second kappa shape index (κ2) is 9.66. The zero-order chi connectivity index (χ0) is 27.2. The van der Waals surface area contributed by atoms with Gasteiger partial charge in [-0.3, -0.25) is 0 Å². The van der Waals surface area contributed by atoms with E-state index in [-0.39, 0.29) is 0 Å². The molecule has 0 aliphatic carbocycles. The molecule has 192 valence electrons. The molecule has 0 bridgehead atoms. The molecule has 0 saturated heterocycles. The van der Waals surface area contributed by atoms with E-state index < -0.39 is 0 Å². The minimum Gasteiger partial charge on any atom is -0.455 e. The van der Waals surface area contributed by atoms with E-state index in [4.69, 9.17) is 4.42 Å². The minimum atomic E-state index is 0.895. The van der Waals surface area contributed by atoms with Crippen molar-refractivity contribution in [3.8, 4) is 44.9 Å². The Morgan fingerprint density at radius 3 is 1.29 bits per heavy atom. The molecule has 0 spiro atoms. The fraction of sp³-hybridized carbons (Fsp3) is 0. The van der Waals surface area contributed by atoms with Crippen molar-refractivity contribution in [2.45, 2.75) is 0 Å². The van der Waals surface area contributed by atoms with E-state index in [1.165, 1.54) is 38.2 Å². The highest BCUT2D eigenvalue weighted by atomic mass is 16.3. The summed E-state index contributed by atoms with van der Waals surface area (Å²) in [6.45, 7) is 0. The van der Waals surface area contributed by atoms with Gasteiger partial charge in [-0.1, -0.05) is 158 Å². The summed E-state index contributed by atoms with van der Waals surface area (Å²) in [4.78, 5) is 0. The summed E-state index contributed by atoms with van der Waals surface area (Å²) < 4.78 is 7.12. The van der Waals surface area contributed by atoms with Crippen LogP contribution in [0.5, 0.6) is 0 Å². The van der Waals surface area contributed by atoms with Gasteiger partial charge in [-0.25, -0.2) is 0 Å². The Kier molecular flexibility index (Phi) is 5.53. The molecule has 41 heavy (non-hydrogen) atoms. The van der Waals surface area contributed by atoms with Crippen molar-refractivity contribution in [3.05, 3.63) is 158 Å². The lowest BCUT2D eigenvalue weighted by molar-refractivity contribution is 0.603. The largest absolute Gasteiger partial charge is 0.455 e. The lowest BCUT2D eigenvalue weighted by Crippen LogP contribution is -1.91. The van der Waals surface area contributed by atoms with Crippen LogP contribution in [-0.4, -0.2) is 0 Å². The maximum Gasteiger partial charge on any atom is 0.143 e. The van der Waals surface area contributed by atoms with E-state index in [9.17, 15) is 0 Å². The van der Waals surface area contributed by atoms with Crippen LogP contribution in [0.3, 0.4) is 0 Å². The number of hydrogen-bond acceptors (Lipinski definition) is 1. The molecule has 0 aliphatic heterocycles. The monoisotopic (exact) mass is 522 g/mol. The first-order chi connectivity index (χ1) is 20.4. The second-order valence-electron chi connectivity index (χ2n) is 10.4. The van der Waals surface area contributed by atoms with Gasteiger partial charge in [-0.15, -0.1) is 0 Å². The van der Waals surface area contributed by atoms with Crippen molar-refractivity contribution in [1.82, 2.24) is 0 Å². The molecule has 1 aromatic heterocycles. The van der Waals surface area contributed by atoms with Crippen LogP contribution in [-0.2, 0) is 0 Å². The summed E-state index contributed by atoms with van der Waals surface area (Å²) in [6, 6.07) is 55.9. The summed E-state index contributed by atoms with van der Waals surface area (Å²) in [5.41, 5.74) is 6.92. The van der Waals surface area contributed by atoms with Gasteiger partial charge in [-0.05, 0) is 38.2 Å². The van der Waals surface area contributed by atoms with Crippen molar-refractivity contribution in [2.24, 2.45) is 0 Å². The molecule has 7 aromatic carbocycles. The van der Waals surface area contributed by atoms with Crippen LogP contribution in [0.25, 0.3) is 77.2 Å². The quantitative estimate of drug-likeness (QED) is 0.210. The number of furan rings is 1. The van der Waals surface area contributed by atoms with Crippen LogP contribution < -0.4 is 0 Å². The van der Waals surface area contributed by atoms with E-state index >= 15 is 0 Å². The first-order valence-electron chi connectivity index (χ1n) is 14.0. The van der Waals surface area contributed by atoms with Gasteiger partial charge < -0.3 is 4.42 Å². The average Bonchev–Trinajstić information content (AvgIpc) is 3.44. The van der Waals surface area contributed by atoms with Gasteiger partial charge in [0.05, 0.1) is 0 Å². The molecule has 0 radical (unpaired) electrons. The van der Waals surface area contributed by atoms with Gasteiger partial charge in [0, 0.05) is 27.5 Å². The first kappa shape index (κ1) is 23.5. The average molecular weight is 523 g/mol. The maximum atomic E-state index is 7.12. The van der Waals surface area contributed by atoms with Crippen molar-refractivity contribution in [1.29, 1.82) is 0 Å². The Balaban J connectivity index is 1.52. The van der Waals surface area contributed by atoms with Crippen LogP contribution in [0.15, 0.2) is 162 Å². The first-order valence-corrected chi connectivity index (χ1v) is 14.0. The number of benzene rings is 7. The fourth-order valence-corrected chi connectivity index (χ4v) is 6.31. The van der Waals surface area contributed by atoms with Crippen LogP contribution in [0.4, 0.5) is 0 Å². The predicted octanol–water partition coefficient (Wildman–Crippen LogP) is 11.4. The lowest BCUT2D eigenvalue weighted by Gasteiger charge is -2.17. The van der Waals surface area contributed by atoms with Crippen LogP contribution in [0.1, 0.15) is 0 Å². The molecular weight excluding hydrogens is 496 g/mol. The van der Waals surface area contributed by atoms with E-state index in [1.54, 1.807) is 0 Å². The van der Waals surface area contributed by atoms with Crippen molar-refractivity contribution < 1.29 is 4.42 Å². The van der Waals surface area contributed by atoms with Gasteiger partial charge in [0.1, 0.15) is 11.5 Å². The second-order valence-corrected chi connectivity index (χ2v) is 10.4. The summed E-state index contributed by atoms with van der Waals surface area (Å²) in [7, 11) is 0. The van der Waals surface area contributed by atoms with Crippen molar-refractivity contribution in [3.63, 3.8) is 0 Å². The standard InChI is InChI=1S/C40H26O/c1-3-15-27(16-4-1)29-19-7-12-24-34(29)39-35-25-13-14-26-36(35)40(41-39)38-33-23-11-9-21-31(33)30-20-8-10-22-32(30)37(38)28-17-5-2-6-18-28/h1-26H. The zero-order valence-electron chi connectivity index (χ0n) is 22.4. The van der Waals surface area contributed by atoms with Crippen LogP contribution >= 0.6 is 0 Å². The molecule has 8 aromatic rings. The molecule has 0 atom stereocenters. The molecule has 0 aliphatic rings. The van der Waals surface area contributed by atoms with Gasteiger partial charge in [0.25, 0.3) is 0 Å². The number of fused-ring (bicyclic) bond motifs is 4. The Morgan fingerprint density at radius 2 is 0.683 bits per heavy atom. The van der Waals surface area contributed by atoms with E-state index in [0.29, 0.717) is 0 Å². The third kappa shape index (κ3) is 3.78. The summed E-state index contributed by atoms with van der Waals surface area (Å²) in [6.07, 6.45) is 0. The van der Waals surface area contributed by atoms with Crippen LogP contribution in [0.2, 0.25) is 0 Å². The summed E-state index contributed by atoms with van der Waals surface area (Å²) in [5.74, 6) is 1.80. The Morgan fingerprint density at radius 1 is 0.268 bits per heavy atom. The third-order valence-electron chi connectivity index (χ3n) is 8.10. The molecular formula is C40H26O. The molecule has 0 N–H and O–H groups in total. The normalized spacial score (nSPS) is 11.4. The maximum absolute atomic E-state index is 7.12. The minimum absolute atomic E-state index is 0.895. The van der Waals surface area contributed by atoms with E-state index in [2.05, 4.69) is 158 Å². The van der Waals surface area contributed by atoms with E-state index in [1.807, 2.05) is 0 Å². The Bertz CT molecular complexity index is 2190. The lowest BCUT2D eigenvalue weighted by atomic mass is 9.86. The summed E-state index contributed by atoms with van der Waals surface area (Å²) >= 11 is 0. The third-order valence-corrected chi connectivity index (χ3v) is 8.10. The molecule has 8 rings (SSSR count).